The Morgan fingerprint density at radius 3 is 2.31 bits per heavy atom. The van der Waals surface area contributed by atoms with Gasteiger partial charge < -0.3 is 20.1 Å². The van der Waals surface area contributed by atoms with Gasteiger partial charge >= 0.3 is 0 Å². The number of carbonyl (C=O) groups is 2. The minimum atomic E-state index is -0.526. The average molecular weight is 429 g/mol. The first kappa shape index (κ1) is 21.1. The molecule has 0 spiro atoms. The van der Waals surface area contributed by atoms with Crippen LogP contribution in [0, 0.1) is 0 Å². The third-order valence-electron chi connectivity index (χ3n) is 5.50. The lowest BCUT2D eigenvalue weighted by atomic mass is 9.94. The highest BCUT2D eigenvalue weighted by atomic mass is 16.5. The first-order valence-electron chi connectivity index (χ1n) is 10.0. The summed E-state index contributed by atoms with van der Waals surface area (Å²) >= 11 is 0. The predicted molar refractivity (Wildman–Crippen MR) is 124 cm³/mol. The van der Waals surface area contributed by atoms with Gasteiger partial charge in [0.05, 0.1) is 31.2 Å². The number of hydrogen-bond acceptors (Lipinski definition) is 5. The molecule has 0 unspecified atom stereocenters. The molecule has 0 aliphatic carbocycles. The number of likely N-dealkylation sites (N-methyl/N-ethyl adjacent to an activating group) is 1. The van der Waals surface area contributed by atoms with E-state index in [0.717, 1.165) is 16.7 Å². The van der Waals surface area contributed by atoms with Gasteiger partial charge in [-0.1, -0.05) is 24.3 Å². The Morgan fingerprint density at radius 2 is 1.66 bits per heavy atom. The quantitative estimate of drug-likeness (QED) is 0.673. The number of fused-ring (bicyclic) bond motifs is 1. The molecule has 0 bridgehead atoms. The molecular formula is C25H23N3O4. The normalized spacial score (nSPS) is 13.2. The van der Waals surface area contributed by atoms with Gasteiger partial charge in [0.25, 0.3) is 0 Å². The van der Waals surface area contributed by atoms with Gasteiger partial charge in [0.1, 0.15) is 18.0 Å². The van der Waals surface area contributed by atoms with Crippen LogP contribution in [-0.2, 0) is 4.79 Å². The molecule has 0 radical (unpaired) electrons. The van der Waals surface area contributed by atoms with Crippen molar-refractivity contribution < 1.29 is 19.1 Å². The number of methoxy groups -OCH3 is 2. The fraction of sp³-hybridized carbons (Fsp3) is 0.160. The zero-order valence-electron chi connectivity index (χ0n) is 18.1. The number of hydrogen-bond donors (Lipinski definition) is 1. The number of benzodiazepines with no additional fused rings is 1. The van der Waals surface area contributed by atoms with Gasteiger partial charge in [0.15, 0.2) is 0 Å². The SMILES string of the molecule is COc1cccc(OC)c1-c1ccc2c(c1)C(c1cccc(C(N)=O)c1)=NCC(=O)N2C. The highest BCUT2D eigenvalue weighted by Crippen LogP contribution is 2.40. The maximum atomic E-state index is 12.6. The number of amides is 2. The lowest BCUT2D eigenvalue weighted by Crippen LogP contribution is -2.27. The van der Waals surface area contributed by atoms with Crippen molar-refractivity contribution >= 4 is 23.2 Å². The summed E-state index contributed by atoms with van der Waals surface area (Å²) in [5, 5.41) is 0. The molecule has 1 aliphatic rings. The van der Waals surface area contributed by atoms with Gasteiger partial charge in [-0.05, 0) is 42.0 Å². The summed E-state index contributed by atoms with van der Waals surface area (Å²) in [6.45, 7) is -0.00533. The number of benzene rings is 3. The second-order valence-electron chi connectivity index (χ2n) is 7.33. The van der Waals surface area contributed by atoms with Gasteiger partial charge in [0.2, 0.25) is 11.8 Å². The molecule has 0 atom stereocenters. The monoisotopic (exact) mass is 429 g/mol. The molecular weight excluding hydrogens is 406 g/mol. The lowest BCUT2D eigenvalue weighted by Gasteiger charge is -2.20. The van der Waals surface area contributed by atoms with Crippen molar-refractivity contribution in [2.75, 3.05) is 32.7 Å². The molecule has 0 saturated carbocycles. The molecule has 1 heterocycles. The molecule has 32 heavy (non-hydrogen) atoms. The summed E-state index contributed by atoms with van der Waals surface area (Å²) in [6.07, 6.45) is 0. The first-order chi connectivity index (χ1) is 15.4. The fourth-order valence-electron chi connectivity index (χ4n) is 3.85. The van der Waals surface area contributed by atoms with Crippen LogP contribution in [0.5, 0.6) is 11.5 Å². The molecule has 0 aromatic heterocycles. The van der Waals surface area contributed by atoms with E-state index in [1.54, 1.807) is 44.4 Å². The van der Waals surface area contributed by atoms with Crippen LogP contribution in [0.3, 0.4) is 0 Å². The molecule has 162 valence electrons. The van der Waals surface area contributed by atoms with Gasteiger partial charge in [-0.2, -0.15) is 0 Å². The number of nitrogens with zero attached hydrogens (tertiary/aromatic N) is 2. The van der Waals surface area contributed by atoms with Crippen LogP contribution in [-0.4, -0.2) is 45.3 Å². The Balaban J connectivity index is 1.96. The van der Waals surface area contributed by atoms with E-state index >= 15 is 0 Å². The van der Waals surface area contributed by atoms with E-state index in [1.807, 2.05) is 42.5 Å². The third kappa shape index (κ3) is 3.69. The number of ether oxygens (including phenoxy) is 2. The van der Waals surface area contributed by atoms with Crippen LogP contribution >= 0.6 is 0 Å². The Labute approximate surface area is 186 Å². The zero-order chi connectivity index (χ0) is 22.8. The summed E-state index contributed by atoms with van der Waals surface area (Å²) in [5.74, 6) is 0.671. The zero-order valence-corrected chi connectivity index (χ0v) is 18.1. The molecule has 4 rings (SSSR count). The van der Waals surface area contributed by atoms with Crippen LogP contribution in [0.1, 0.15) is 21.5 Å². The summed E-state index contributed by atoms with van der Waals surface area (Å²) < 4.78 is 11.2. The standard InChI is InChI=1S/C25H23N3O4/c1-28-19-11-10-15(23-20(31-2)8-5-9-21(23)32-3)13-18(19)24(27-14-22(28)29)16-6-4-7-17(12-16)25(26)30/h4-13H,14H2,1-3H3,(H2,26,30). The number of carbonyl (C=O) groups excluding carboxylic acids is 2. The van der Waals surface area contributed by atoms with Crippen molar-refractivity contribution in [1.29, 1.82) is 0 Å². The molecule has 0 fully saturated rings. The predicted octanol–water partition coefficient (Wildman–Crippen LogP) is 3.28. The van der Waals surface area contributed by atoms with Crippen molar-refractivity contribution in [3.8, 4) is 22.6 Å². The van der Waals surface area contributed by atoms with E-state index in [1.165, 1.54) is 0 Å². The number of nitrogens with two attached hydrogens (primary N) is 1. The van der Waals surface area contributed by atoms with E-state index in [2.05, 4.69) is 4.99 Å². The number of rotatable bonds is 5. The highest BCUT2D eigenvalue weighted by molar-refractivity contribution is 6.20. The van der Waals surface area contributed by atoms with Crippen LogP contribution in [0.4, 0.5) is 5.69 Å². The Morgan fingerprint density at radius 1 is 0.969 bits per heavy atom. The van der Waals surface area contributed by atoms with E-state index in [4.69, 9.17) is 15.2 Å². The fourth-order valence-corrected chi connectivity index (χ4v) is 3.85. The molecule has 3 aromatic rings. The Hall–Kier alpha value is -4.13. The van der Waals surface area contributed by atoms with Gasteiger partial charge in [-0.15, -0.1) is 0 Å². The van der Waals surface area contributed by atoms with E-state index in [0.29, 0.717) is 34.0 Å². The number of anilines is 1. The first-order valence-corrected chi connectivity index (χ1v) is 10.0. The minimum Gasteiger partial charge on any atom is -0.496 e. The van der Waals surface area contributed by atoms with Crippen molar-refractivity contribution in [1.82, 2.24) is 0 Å². The summed E-state index contributed by atoms with van der Waals surface area (Å²) in [4.78, 5) is 30.5. The van der Waals surface area contributed by atoms with Crippen molar-refractivity contribution in [3.63, 3.8) is 0 Å². The molecule has 2 N–H and O–H groups in total. The van der Waals surface area contributed by atoms with E-state index in [9.17, 15) is 9.59 Å². The molecule has 0 saturated heterocycles. The Kier molecular flexibility index (Phi) is 5.64. The van der Waals surface area contributed by atoms with Crippen molar-refractivity contribution in [2.24, 2.45) is 10.7 Å². The van der Waals surface area contributed by atoms with E-state index < -0.39 is 5.91 Å². The largest absolute Gasteiger partial charge is 0.496 e. The third-order valence-corrected chi connectivity index (χ3v) is 5.50. The Bertz CT molecular complexity index is 1230. The number of aliphatic imine (C=N–C) groups is 1. The smallest absolute Gasteiger partial charge is 0.248 e. The van der Waals surface area contributed by atoms with Crippen LogP contribution < -0.4 is 20.1 Å². The number of primary amides is 1. The molecule has 2 amide bonds. The average Bonchev–Trinajstić information content (AvgIpc) is 2.94. The van der Waals surface area contributed by atoms with Crippen LogP contribution in [0.25, 0.3) is 11.1 Å². The molecule has 3 aromatic carbocycles. The second kappa shape index (κ2) is 8.55. The molecule has 7 nitrogen and oxygen atoms in total. The van der Waals surface area contributed by atoms with E-state index in [-0.39, 0.29) is 12.5 Å². The highest BCUT2D eigenvalue weighted by Gasteiger charge is 2.24. The van der Waals surface area contributed by atoms with Crippen molar-refractivity contribution in [2.45, 2.75) is 0 Å². The van der Waals surface area contributed by atoms with Crippen LogP contribution in [0.15, 0.2) is 65.7 Å². The van der Waals surface area contributed by atoms with Crippen LogP contribution in [0.2, 0.25) is 0 Å². The summed E-state index contributed by atoms with van der Waals surface area (Å²) in [7, 11) is 4.94. The minimum absolute atomic E-state index is 0.00533. The van der Waals surface area contributed by atoms with Gasteiger partial charge in [-0.3, -0.25) is 14.6 Å². The summed E-state index contributed by atoms with van der Waals surface area (Å²) in [5.41, 5.74) is 10.3. The molecule has 7 heteroatoms. The maximum absolute atomic E-state index is 12.6. The second-order valence-corrected chi connectivity index (χ2v) is 7.33. The van der Waals surface area contributed by atoms with Gasteiger partial charge in [-0.25, -0.2) is 0 Å². The summed E-state index contributed by atoms with van der Waals surface area (Å²) in [6, 6.07) is 18.3. The van der Waals surface area contributed by atoms with Gasteiger partial charge in [0, 0.05) is 23.7 Å². The maximum Gasteiger partial charge on any atom is 0.248 e. The lowest BCUT2D eigenvalue weighted by molar-refractivity contribution is -0.116. The van der Waals surface area contributed by atoms with Crippen molar-refractivity contribution in [3.05, 3.63) is 77.4 Å². The molecule has 1 aliphatic heterocycles. The topological polar surface area (TPSA) is 94.2 Å².